The highest BCUT2D eigenvalue weighted by Crippen LogP contribution is 2.38. The number of methoxy groups -OCH3 is 1. The number of aliphatic hydroxyl groups is 1. The molecule has 0 radical (unpaired) electrons. The van der Waals surface area contributed by atoms with Crippen LogP contribution in [0.5, 0.6) is 5.75 Å². The van der Waals surface area contributed by atoms with Crippen LogP contribution >= 0.6 is 11.5 Å². The largest absolute Gasteiger partial charge is 0.490 e. The Morgan fingerprint density at radius 1 is 1.56 bits per heavy atom. The summed E-state index contributed by atoms with van der Waals surface area (Å²) in [5, 5.41) is 11.3. The number of aromatic nitrogens is 1. The molecule has 0 bridgehead atoms. The van der Waals surface area contributed by atoms with Crippen molar-refractivity contribution in [2.75, 3.05) is 44.5 Å². The Kier molecular flexibility index (Phi) is 3.94. The Labute approximate surface area is 110 Å². The highest BCUT2D eigenvalue weighted by Gasteiger charge is 2.32. The number of likely N-dealkylation sites (N-methyl/N-ethyl adjacent to an activating group) is 1. The zero-order valence-electron chi connectivity index (χ0n) is 10.7. The van der Waals surface area contributed by atoms with Gasteiger partial charge < -0.3 is 25.2 Å². The molecule has 0 unspecified atom stereocenters. The Hall–Kier alpha value is -1.05. The van der Waals surface area contributed by atoms with Crippen molar-refractivity contribution in [2.24, 2.45) is 0 Å². The van der Waals surface area contributed by atoms with Crippen molar-refractivity contribution in [1.29, 1.82) is 0 Å². The Bertz CT molecular complexity index is 404. The quantitative estimate of drug-likeness (QED) is 0.841. The molecule has 1 aliphatic rings. The summed E-state index contributed by atoms with van der Waals surface area (Å²) in [7, 11) is 3.48. The van der Waals surface area contributed by atoms with Gasteiger partial charge in [-0.2, -0.15) is 4.37 Å². The van der Waals surface area contributed by atoms with Crippen LogP contribution in [0.4, 0.5) is 10.8 Å². The van der Waals surface area contributed by atoms with E-state index in [1.165, 1.54) is 11.5 Å². The maximum absolute atomic E-state index is 10.5. The minimum Gasteiger partial charge on any atom is -0.490 e. The topological polar surface area (TPSA) is 80.8 Å². The second-order valence-corrected chi connectivity index (χ2v) is 5.35. The Morgan fingerprint density at radius 2 is 2.22 bits per heavy atom. The zero-order chi connectivity index (χ0) is 13.2. The molecule has 7 heteroatoms. The van der Waals surface area contributed by atoms with Gasteiger partial charge in [0, 0.05) is 39.6 Å². The van der Waals surface area contributed by atoms with E-state index in [-0.39, 0.29) is 0 Å². The van der Waals surface area contributed by atoms with E-state index in [1.807, 2.05) is 11.9 Å². The first-order valence-electron chi connectivity index (χ1n) is 5.86. The lowest BCUT2D eigenvalue weighted by Crippen LogP contribution is -2.45. The molecule has 0 aromatic carbocycles. The van der Waals surface area contributed by atoms with Crippen LogP contribution in [0.2, 0.25) is 0 Å². The molecule has 0 saturated carbocycles. The van der Waals surface area contributed by atoms with Crippen molar-refractivity contribution in [2.45, 2.75) is 18.4 Å². The molecule has 0 atom stereocenters. The molecule has 0 amide bonds. The molecule has 1 fully saturated rings. The average molecular weight is 273 g/mol. The van der Waals surface area contributed by atoms with Gasteiger partial charge in [0.1, 0.15) is 0 Å². The van der Waals surface area contributed by atoms with Crippen LogP contribution in [-0.2, 0) is 4.74 Å². The van der Waals surface area contributed by atoms with Gasteiger partial charge in [-0.1, -0.05) is 0 Å². The van der Waals surface area contributed by atoms with Crippen molar-refractivity contribution >= 4 is 22.4 Å². The summed E-state index contributed by atoms with van der Waals surface area (Å²) in [6, 6.07) is 0. The lowest BCUT2D eigenvalue weighted by molar-refractivity contribution is -0.0572. The van der Waals surface area contributed by atoms with Gasteiger partial charge in [-0.3, -0.25) is 0 Å². The number of hydrogen-bond donors (Lipinski definition) is 2. The van der Waals surface area contributed by atoms with Gasteiger partial charge in [0.15, 0.2) is 16.6 Å². The van der Waals surface area contributed by atoms with E-state index >= 15 is 0 Å². The number of nitrogen functional groups attached to an aromatic ring is 1. The van der Waals surface area contributed by atoms with Crippen LogP contribution in [0, 0.1) is 0 Å². The smallest absolute Gasteiger partial charge is 0.197 e. The van der Waals surface area contributed by atoms with Crippen molar-refractivity contribution < 1.29 is 14.6 Å². The van der Waals surface area contributed by atoms with Gasteiger partial charge in [-0.25, -0.2) is 0 Å². The molecule has 2 heterocycles. The zero-order valence-corrected chi connectivity index (χ0v) is 11.5. The third-order valence-electron chi connectivity index (χ3n) is 3.16. The molecule has 2 rings (SSSR count). The number of rotatable bonds is 4. The van der Waals surface area contributed by atoms with E-state index in [4.69, 9.17) is 15.2 Å². The summed E-state index contributed by atoms with van der Waals surface area (Å²) in [4.78, 5) is 1.94. The standard InChI is InChI=1S/C11H19N3O3S/c1-14(7-11(15)3-5-17-6-4-11)10-8(16-2)9(12)13-18-10/h15H,3-7H2,1-2H3,(H2,12,13). The molecule has 0 aliphatic carbocycles. The molecule has 3 N–H and O–H groups in total. The molecule has 1 aliphatic heterocycles. The average Bonchev–Trinajstić information content (AvgIpc) is 2.70. The fourth-order valence-corrected chi connectivity index (χ4v) is 2.89. The Morgan fingerprint density at radius 3 is 2.83 bits per heavy atom. The summed E-state index contributed by atoms with van der Waals surface area (Å²) in [6.07, 6.45) is 1.29. The molecule has 1 saturated heterocycles. The van der Waals surface area contributed by atoms with E-state index in [2.05, 4.69) is 4.37 Å². The fraction of sp³-hybridized carbons (Fsp3) is 0.727. The van der Waals surface area contributed by atoms with Gasteiger partial charge in [-0.05, 0) is 11.5 Å². The predicted molar refractivity (Wildman–Crippen MR) is 71.4 cm³/mol. The molecular weight excluding hydrogens is 254 g/mol. The molecule has 6 nitrogen and oxygen atoms in total. The lowest BCUT2D eigenvalue weighted by atomic mass is 9.94. The summed E-state index contributed by atoms with van der Waals surface area (Å²) < 4.78 is 14.6. The van der Waals surface area contributed by atoms with Gasteiger partial charge >= 0.3 is 0 Å². The first-order chi connectivity index (χ1) is 8.56. The molecule has 18 heavy (non-hydrogen) atoms. The lowest BCUT2D eigenvalue weighted by Gasteiger charge is -2.35. The summed E-state index contributed by atoms with van der Waals surface area (Å²) in [5.74, 6) is 0.974. The highest BCUT2D eigenvalue weighted by molar-refractivity contribution is 7.11. The SMILES string of the molecule is COc1c(N)nsc1N(C)CC1(O)CCOCC1. The van der Waals surface area contributed by atoms with Crippen molar-refractivity contribution in [3.63, 3.8) is 0 Å². The molecular formula is C11H19N3O3S. The van der Waals surface area contributed by atoms with Crippen LogP contribution in [0.1, 0.15) is 12.8 Å². The van der Waals surface area contributed by atoms with E-state index in [0.29, 0.717) is 44.2 Å². The third kappa shape index (κ3) is 2.68. The van der Waals surface area contributed by atoms with Gasteiger partial charge in [-0.15, -0.1) is 0 Å². The summed E-state index contributed by atoms with van der Waals surface area (Å²) >= 11 is 1.28. The second kappa shape index (κ2) is 5.29. The first-order valence-corrected chi connectivity index (χ1v) is 6.63. The van der Waals surface area contributed by atoms with Crippen LogP contribution in [0.15, 0.2) is 0 Å². The summed E-state index contributed by atoms with van der Waals surface area (Å²) in [5.41, 5.74) is 5.01. The van der Waals surface area contributed by atoms with E-state index in [0.717, 1.165) is 5.00 Å². The van der Waals surface area contributed by atoms with Crippen molar-refractivity contribution in [3.05, 3.63) is 0 Å². The number of nitrogens with two attached hydrogens (primary N) is 1. The summed E-state index contributed by atoms with van der Waals surface area (Å²) in [6.45, 7) is 1.73. The van der Waals surface area contributed by atoms with Crippen LogP contribution in [0.25, 0.3) is 0 Å². The second-order valence-electron chi connectivity index (χ2n) is 4.60. The predicted octanol–water partition coefficient (Wildman–Crippen LogP) is 0.712. The highest BCUT2D eigenvalue weighted by atomic mass is 32.1. The molecule has 0 spiro atoms. The van der Waals surface area contributed by atoms with Gasteiger partial charge in [0.05, 0.1) is 12.7 Å². The molecule has 102 valence electrons. The third-order valence-corrected chi connectivity index (χ3v) is 4.12. The first kappa shape index (κ1) is 13.4. The van der Waals surface area contributed by atoms with E-state index < -0.39 is 5.60 Å². The van der Waals surface area contributed by atoms with Crippen molar-refractivity contribution in [1.82, 2.24) is 4.37 Å². The molecule has 1 aromatic rings. The van der Waals surface area contributed by atoms with Crippen LogP contribution < -0.4 is 15.4 Å². The maximum Gasteiger partial charge on any atom is 0.197 e. The number of ether oxygens (including phenoxy) is 2. The maximum atomic E-state index is 10.5. The minimum atomic E-state index is -0.712. The normalized spacial score (nSPS) is 18.6. The number of anilines is 2. The van der Waals surface area contributed by atoms with E-state index in [9.17, 15) is 5.11 Å². The minimum absolute atomic E-state index is 0.392. The number of nitrogens with zero attached hydrogens (tertiary/aromatic N) is 2. The van der Waals surface area contributed by atoms with Gasteiger partial charge in [0.25, 0.3) is 0 Å². The van der Waals surface area contributed by atoms with Gasteiger partial charge in [0.2, 0.25) is 0 Å². The van der Waals surface area contributed by atoms with E-state index in [1.54, 1.807) is 7.11 Å². The fourth-order valence-electron chi connectivity index (χ4n) is 2.14. The van der Waals surface area contributed by atoms with Crippen molar-refractivity contribution in [3.8, 4) is 5.75 Å². The molecule has 1 aromatic heterocycles. The Balaban J connectivity index is 2.08. The van der Waals surface area contributed by atoms with Crippen LogP contribution in [-0.4, -0.2) is 49.0 Å². The monoisotopic (exact) mass is 273 g/mol. The number of hydrogen-bond acceptors (Lipinski definition) is 7. The van der Waals surface area contributed by atoms with Crippen LogP contribution in [0.3, 0.4) is 0 Å².